The van der Waals surface area contributed by atoms with E-state index < -0.39 is 11.5 Å². The molecule has 1 amide bonds. The SMILES string of the molecule is NC(=O)C1(O)CCN(c2ccnc(-c3ccccc3)n2)CC1. The van der Waals surface area contributed by atoms with Gasteiger partial charge in [-0.15, -0.1) is 0 Å². The van der Waals surface area contributed by atoms with Crippen LogP contribution >= 0.6 is 0 Å². The van der Waals surface area contributed by atoms with E-state index in [-0.39, 0.29) is 0 Å². The summed E-state index contributed by atoms with van der Waals surface area (Å²) in [5, 5.41) is 10.1. The molecule has 0 saturated carbocycles. The topological polar surface area (TPSA) is 92.3 Å². The number of anilines is 1. The number of nitrogens with zero attached hydrogens (tertiary/aromatic N) is 3. The Morgan fingerprint density at radius 2 is 1.86 bits per heavy atom. The summed E-state index contributed by atoms with van der Waals surface area (Å²) in [6, 6.07) is 11.6. The molecule has 1 aromatic carbocycles. The van der Waals surface area contributed by atoms with E-state index in [9.17, 15) is 9.90 Å². The average Bonchev–Trinajstić information content (AvgIpc) is 2.56. The molecule has 0 spiro atoms. The summed E-state index contributed by atoms with van der Waals surface area (Å²) < 4.78 is 0. The first-order chi connectivity index (χ1) is 10.6. The van der Waals surface area contributed by atoms with E-state index in [1.54, 1.807) is 6.20 Å². The summed E-state index contributed by atoms with van der Waals surface area (Å²) in [5.74, 6) is 0.800. The first kappa shape index (κ1) is 14.5. The fourth-order valence-electron chi connectivity index (χ4n) is 2.60. The van der Waals surface area contributed by atoms with Crippen molar-refractivity contribution in [1.82, 2.24) is 9.97 Å². The smallest absolute Gasteiger partial charge is 0.249 e. The van der Waals surface area contributed by atoms with Crippen LogP contribution in [0, 0.1) is 0 Å². The zero-order chi connectivity index (χ0) is 15.6. The zero-order valence-corrected chi connectivity index (χ0v) is 12.1. The van der Waals surface area contributed by atoms with Gasteiger partial charge in [0.15, 0.2) is 5.82 Å². The molecule has 6 nitrogen and oxygen atoms in total. The number of rotatable bonds is 3. The summed E-state index contributed by atoms with van der Waals surface area (Å²) in [4.78, 5) is 22.2. The van der Waals surface area contributed by atoms with E-state index in [0.717, 1.165) is 11.4 Å². The number of nitrogens with two attached hydrogens (primary N) is 1. The van der Waals surface area contributed by atoms with Crippen molar-refractivity contribution < 1.29 is 9.90 Å². The second-order valence-corrected chi connectivity index (χ2v) is 5.49. The van der Waals surface area contributed by atoms with Crippen LogP contribution in [0.2, 0.25) is 0 Å². The lowest BCUT2D eigenvalue weighted by Gasteiger charge is -2.36. The molecule has 1 fully saturated rings. The lowest BCUT2D eigenvalue weighted by molar-refractivity contribution is -0.138. The van der Waals surface area contributed by atoms with Crippen LogP contribution in [0.1, 0.15) is 12.8 Å². The Balaban J connectivity index is 1.78. The number of carbonyl (C=O) groups is 1. The monoisotopic (exact) mass is 298 g/mol. The van der Waals surface area contributed by atoms with Crippen LogP contribution < -0.4 is 10.6 Å². The minimum atomic E-state index is -1.40. The summed E-state index contributed by atoms with van der Waals surface area (Å²) in [5.41, 5.74) is 4.81. The highest BCUT2D eigenvalue weighted by atomic mass is 16.3. The first-order valence-electron chi connectivity index (χ1n) is 7.24. The number of hydrogen-bond donors (Lipinski definition) is 2. The Morgan fingerprint density at radius 3 is 2.50 bits per heavy atom. The minimum absolute atomic E-state index is 0.313. The van der Waals surface area contributed by atoms with Gasteiger partial charge in [-0.25, -0.2) is 9.97 Å². The van der Waals surface area contributed by atoms with E-state index in [1.807, 2.05) is 41.3 Å². The van der Waals surface area contributed by atoms with Gasteiger partial charge in [-0.1, -0.05) is 30.3 Å². The van der Waals surface area contributed by atoms with Crippen molar-refractivity contribution in [3.8, 4) is 11.4 Å². The number of primary amides is 1. The third kappa shape index (κ3) is 2.78. The van der Waals surface area contributed by atoms with Gasteiger partial charge < -0.3 is 15.7 Å². The second-order valence-electron chi connectivity index (χ2n) is 5.49. The molecule has 0 radical (unpaired) electrons. The van der Waals surface area contributed by atoms with Gasteiger partial charge in [0, 0.05) is 37.7 Å². The predicted molar refractivity (Wildman–Crippen MR) is 83.1 cm³/mol. The molecule has 114 valence electrons. The number of piperidine rings is 1. The van der Waals surface area contributed by atoms with Gasteiger partial charge in [0.25, 0.3) is 0 Å². The molecule has 1 saturated heterocycles. The largest absolute Gasteiger partial charge is 0.380 e. The van der Waals surface area contributed by atoms with E-state index in [0.29, 0.717) is 31.8 Å². The van der Waals surface area contributed by atoms with Crippen LogP contribution in [-0.4, -0.2) is 39.7 Å². The van der Waals surface area contributed by atoms with Gasteiger partial charge in [-0.05, 0) is 6.07 Å². The molecule has 3 rings (SSSR count). The Hall–Kier alpha value is -2.47. The Morgan fingerprint density at radius 1 is 1.18 bits per heavy atom. The van der Waals surface area contributed by atoms with Crippen molar-refractivity contribution in [3.05, 3.63) is 42.6 Å². The second kappa shape index (κ2) is 5.73. The Kier molecular flexibility index (Phi) is 3.77. The summed E-state index contributed by atoms with van der Waals surface area (Å²) >= 11 is 0. The Labute approximate surface area is 128 Å². The third-order valence-corrected chi connectivity index (χ3v) is 4.05. The van der Waals surface area contributed by atoms with Crippen LogP contribution in [0.5, 0.6) is 0 Å². The third-order valence-electron chi connectivity index (χ3n) is 4.05. The van der Waals surface area contributed by atoms with Crippen LogP contribution in [0.3, 0.4) is 0 Å². The van der Waals surface area contributed by atoms with Crippen molar-refractivity contribution in [3.63, 3.8) is 0 Å². The number of aromatic nitrogens is 2. The molecule has 1 aliphatic heterocycles. The van der Waals surface area contributed by atoms with E-state index in [1.165, 1.54) is 0 Å². The van der Waals surface area contributed by atoms with Gasteiger partial charge in [-0.3, -0.25) is 4.79 Å². The van der Waals surface area contributed by atoms with Crippen molar-refractivity contribution in [2.75, 3.05) is 18.0 Å². The number of amides is 1. The zero-order valence-electron chi connectivity index (χ0n) is 12.1. The number of aliphatic hydroxyl groups is 1. The summed E-state index contributed by atoms with van der Waals surface area (Å²) in [6.45, 7) is 1.06. The van der Waals surface area contributed by atoms with Gasteiger partial charge in [0.05, 0.1) is 0 Å². The minimum Gasteiger partial charge on any atom is -0.380 e. The maximum atomic E-state index is 11.3. The molecule has 0 unspecified atom stereocenters. The van der Waals surface area contributed by atoms with Crippen LogP contribution in [0.25, 0.3) is 11.4 Å². The summed E-state index contributed by atoms with van der Waals surface area (Å²) in [6.07, 6.45) is 2.35. The lowest BCUT2D eigenvalue weighted by Crippen LogP contribution is -2.52. The predicted octanol–water partition coefficient (Wildman–Crippen LogP) is 0.960. The Bertz CT molecular complexity index is 667. The molecular weight excluding hydrogens is 280 g/mol. The number of benzene rings is 1. The van der Waals surface area contributed by atoms with E-state index in [2.05, 4.69) is 9.97 Å². The normalized spacial score (nSPS) is 17.2. The fourth-order valence-corrected chi connectivity index (χ4v) is 2.60. The number of carbonyl (C=O) groups excluding carboxylic acids is 1. The molecule has 2 aromatic rings. The van der Waals surface area contributed by atoms with Gasteiger partial charge in [-0.2, -0.15) is 0 Å². The van der Waals surface area contributed by atoms with Crippen molar-refractivity contribution in [1.29, 1.82) is 0 Å². The van der Waals surface area contributed by atoms with Crippen molar-refractivity contribution in [2.24, 2.45) is 5.73 Å². The first-order valence-corrected chi connectivity index (χ1v) is 7.24. The standard InChI is InChI=1S/C16H18N4O2/c17-15(21)16(22)7-10-20(11-8-16)13-6-9-18-14(19-13)12-4-2-1-3-5-12/h1-6,9,22H,7-8,10-11H2,(H2,17,21). The van der Waals surface area contributed by atoms with Crippen LogP contribution in [0.4, 0.5) is 5.82 Å². The molecule has 22 heavy (non-hydrogen) atoms. The van der Waals surface area contributed by atoms with E-state index in [4.69, 9.17) is 5.73 Å². The molecule has 0 bridgehead atoms. The molecule has 0 atom stereocenters. The maximum Gasteiger partial charge on any atom is 0.249 e. The fraction of sp³-hybridized carbons (Fsp3) is 0.312. The highest BCUT2D eigenvalue weighted by molar-refractivity contribution is 5.83. The molecule has 6 heteroatoms. The molecular formula is C16H18N4O2. The van der Waals surface area contributed by atoms with Gasteiger partial charge in [0.1, 0.15) is 11.4 Å². The van der Waals surface area contributed by atoms with Crippen molar-refractivity contribution in [2.45, 2.75) is 18.4 Å². The van der Waals surface area contributed by atoms with Crippen molar-refractivity contribution >= 4 is 11.7 Å². The molecule has 3 N–H and O–H groups in total. The van der Waals surface area contributed by atoms with Gasteiger partial charge in [0.2, 0.25) is 5.91 Å². The summed E-state index contributed by atoms with van der Waals surface area (Å²) in [7, 11) is 0. The van der Waals surface area contributed by atoms with Crippen LogP contribution in [-0.2, 0) is 4.79 Å². The molecule has 0 aliphatic carbocycles. The van der Waals surface area contributed by atoms with E-state index >= 15 is 0 Å². The quantitative estimate of drug-likeness (QED) is 0.880. The maximum absolute atomic E-state index is 11.3. The average molecular weight is 298 g/mol. The molecule has 1 aliphatic rings. The highest BCUT2D eigenvalue weighted by Gasteiger charge is 2.37. The van der Waals surface area contributed by atoms with Crippen LogP contribution in [0.15, 0.2) is 42.6 Å². The number of hydrogen-bond acceptors (Lipinski definition) is 5. The molecule has 1 aromatic heterocycles. The van der Waals surface area contributed by atoms with Gasteiger partial charge >= 0.3 is 0 Å². The highest BCUT2D eigenvalue weighted by Crippen LogP contribution is 2.26. The molecule has 2 heterocycles. The lowest BCUT2D eigenvalue weighted by atomic mass is 9.91.